The zero-order valence-corrected chi connectivity index (χ0v) is 11.1. The normalized spacial score (nSPS) is 10.5. The quantitative estimate of drug-likeness (QED) is 0.608. The summed E-state index contributed by atoms with van der Waals surface area (Å²) in [5.74, 6) is 7.74. The van der Waals surface area contributed by atoms with Crippen molar-refractivity contribution in [3.8, 4) is 11.6 Å². The van der Waals surface area contributed by atoms with Crippen LogP contribution in [-0.2, 0) is 13.0 Å². The fraction of sp³-hybridized carbons (Fsp3) is 0.417. The molecular weight excluding hydrogens is 244 g/mol. The number of nitrogens with zero attached hydrogens (tertiary/aromatic N) is 4. The molecule has 2 heterocycles. The lowest BCUT2D eigenvalue weighted by atomic mass is 10.3. The highest BCUT2D eigenvalue weighted by Gasteiger charge is 2.07. The molecular formula is C12H18N6O. The smallest absolute Gasteiger partial charge is 0.224 e. The number of nitrogen functional groups attached to an aromatic ring is 1. The van der Waals surface area contributed by atoms with Gasteiger partial charge in [-0.05, 0) is 13.3 Å². The van der Waals surface area contributed by atoms with Crippen molar-refractivity contribution in [1.29, 1.82) is 0 Å². The van der Waals surface area contributed by atoms with Gasteiger partial charge in [0.05, 0.1) is 12.4 Å². The van der Waals surface area contributed by atoms with Crippen molar-refractivity contribution in [2.75, 3.05) is 5.43 Å². The first-order valence-corrected chi connectivity index (χ1v) is 6.30. The summed E-state index contributed by atoms with van der Waals surface area (Å²) < 4.78 is 7.44. The molecule has 0 radical (unpaired) electrons. The van der Waals surface area contributed by atoms with Gasteiger partial charge >= 0.3 is 0 Å². The molecule has 0 atom stereocenters. The van der Waals surface area contributed by atoms with Crippen LogP contribution in [-0.4, -0.2) is 19.7 Å². The van der Waals surface area contributed by atoms with Crippen LogP contribution in [0.5, 0.6) is 11.6 Å². The number of hydrogen-bond donors (Lipinski definition) is 2. The Kier molecular flexibility index (Phi) is 4.30. The highest BCUT2D eigenvalue weighted by Crippen LogP contribution is 2.21. The maximum Gasteiger partial charge on any atom is 0.224 e. The van der Waals surface area contributed by atoms with Crippen LogP contribution in [0.1, 0.15) is 26.1 Å². The summed E-state index contributed by atoms with van der Waals surface area (Å²) in [6.07, 6.45) is 5.21. The molecule has 2 rings (SSSR count). The van der Waals surface area contributed by atoms with Gasteiger partial charge in [0.1, 0.15) is 11.6 Å². The molecule has 0 aromatic carbocycles. The first kappa shape index (κ1) is 13.3. The number of aromatic nitrogens is 4. The molecule has 0 aliphatic rings. The monoisotopic (exact) mass is 262 g/mol. The Morgan fingerprint density at radius 2 is 2.21 bits per heavy atom. The van der Waals surface area contributed by atoms with E-state index in [1.807, 2.05) is 13.1 Å². The number of aryl methyl sites for hydroxylation is 2. The third kappa shape index (κ3) is 3.41. The van der Waals surface area contributed by atoms with Gasteiger partial charge < -0.3 is 10.2 Å². The van der Waals surface area contributed by atoms with E-state index >= 15 is 0 Å². The summed E-state index contributed by atoms with van der Waals surface area (Å²) in [5.41, 5.74) is 2.52. The zero-order chi connectivity index (χ0) is 13.7. The van der Waals surface area contributed by atoms with E-state index in [1.165, 1.54) is 0 Å². The van der Waals surface area contributed by atoms with E-state index in [9.17, 15) is 0 Å². The van der Waals surface area contributed by atoms with Gasteiger partial charge in [-0.1, -0.05) is 6.92 Å². The highest BCUT2D eigenvalue weighted by atomic mass is 16.5. The predicted molar refractivity (Wildman–Crippen MR) is 71.8 cm³/mol. The van der Waals surface area contributed by atoms with Gasteiger partial charge in [-0.3, -0.25) is 4.68 Å². The number of hydrogen-bond acceptors (Lipinski definition) is 6. The SMILES string of the molecule is CCCc1nc(NN)cc(Oc2cnn(CC)c2)n1. The summed E-state index contributed by atoms with van der Waals surface area (Å²) in [6, 6.07) is 1.66. The number of anilines is 1. The largest absolute Gasteiger partial charge is 0.436 e. The molecule has 7 nitrogen and oxygen atoms in total. The molecule has 0 fully saturated rings. The molecule has 0 aliphatic heterocycles. The molecule has 0 spiro atoms. The van der Waals surface area contributed by atoms with E-state index in [-0.39, 0.29) is 0 Å². The van der Waals surface area contributed by atoms with Crippen molar-refractivity contribution >= 4 is 5.82 Å². The predicted octanol–water partition coefficient (Wildman–Crippen LogP) is 1.72. The van der Waals surface area contributed by atoms with Gasteiger partial charge in [-0.25, -0.2) is 10.8 Å². The lowest BCUT2D eigenvalue weighted by Crippen LogP contribution is -2.10. The van der Waals surface area contributed by atoms with Crippen molar-refractivity contribution in [1.82, 2.24) is 19.7 Å². The van der Waals surface area contributed by atoms with E-state index < -0.39 is 0 Å². The minimum Gasteiger partial charge on any atom is -0.436 e. The lowest BCUT2D eigenvalue weighted by Gasteiger charge is -2.07. The van der Waals surface area contributed by atoms with Crippen molar-refractivity contribution in [2.24, 2.45) is 5.84 Å². The second-order valence-electron chi connectivity index (χ2n) is 4.04. The molecule has 102 valence electrons. The van der Waals surface area contributed by atoms with Crippen LogP contribution in [0.25, 0.3) is 0 Å². The molecule has 2 aromatic heterocycles. The second kappa shape index (κ2) is 6.14. The van der Waals surface area contributed by atoms with Crippen LogP contribution in [0.4, 0.5) is 5.82 Å². The molecule has 7 heteroatoms. The molecule has 0 amide bonds. The Hall–Kier alpha value is -2.15. The van der Waals surface area contributed by atoms with Crippen molar-refractivity contribution < 1.29 is 4.74 Å². The van der Waals surface area contributed by atoms with E-state index in [1.54, 1.807) is 16.9 Å². The fourth-order valence-corrected chi connectivity index (χ4v) is 1.63. The number of nitrogens with two attached hydrogens (primary N) is 1. The fourth-order valence-electron chi connectivity index (χ4n) is 1.63. The molecule has 0 unspecified atom stereocenters. The maximum absolute atomic E-state index is 5.66. The molecule has 0 saturated heterocycles. The van der Waals surface area contributed by atoms with Gasteiger partial charge in [0, 0.05) is 19.0 Å². The Morgan fingerprint density at radius 3 is 2.84 bits per heavy atom. The summed E-state index contributed by atoms with van der Waals surface area (Å²) >= 11 is 0. The maximum atomic E-state index is 5.66. The first-order valence-electron chi connectivity index (χ1n) is 6.30. The van der Waals surface area contributed by atoms with Crippen LogP contribution in [0, 0.1) is 0 Å². The molecule has 0 saturated carbocycles. The van der Waals surface area contributed by atoms with Gasteiger partial charge in [-0.15, -0.1) is 0 Å². The third-order valence-corrected chi connectivity index (χ3v) is 2.53. The summed E-state index contributed by atoms with van der Waals surface area (Å²) in [7, 11) is 0. The van der Waals surface area contributed by atoms with Crippen LogP contribution < -0.4 is 16.0 Å². The first-order chi connectivity index (χ1) is 9.25. The van der Waals surface area contributed by atoms with E-state index in [0.717, 1.165) is 19.4 Å². The van der Waals surface area contributed by atoms with Crippen molar-refractivity contribution in [2.45, 2.75) is 33.2 Å². The molecule has 3 N–H and O–H groups in total. The summed E-state index contributed by atoms with van der Waals surface area (Å²) in [5, 5.41) is 4.14. The Bertz CT molecular complexity index is 539. The van der Waals surface area contributed by atoms with E-state index in [0.29, 0.717) is 23.3 Å². The zero-order valence-electron chi connectivity index (χ0n) is 11.1. The summed E-state index contributed by atoms with van der Waals surface area (Å²) in [6.45, 7) is 4.87. The second-order valence-corrected chi connectivity index (χ2v) is 4.04. The Balaban J connectivity index is 2.20. The van der Waals surface area contributed by atoms with Crippen molar-refractivity contribution in [3.63, 3.8) is 0 Å². The van der Waals surface area contributed by atoms with Gasteiger partial charge in [0.15, 0.2) is 5.75 Å². The van der Waals surface area contributed by atoms with Crippen LogP contribution in [0.3, 0.4) is 0 Å². The van der Waals surface area contributed by atoms with Crippen LogP contribution in [0.15, 0.2) is 18.5 Å². The standard InChI is InChI=1S/C12H18N6O/c1-3-5-10-15-11(17-13)6-12(16-10)19-9-7-14-18(4-2)8-9/h6-8H,3-5,13H2,1-2H3,(H,15,16,17). The van der Waals surface area contributed by atoms with Crippen LogP contribution in [0.2, 0.25) is 0 Å². The van der Waals surface area contributed by atoms with Gasteiger partial charge in [-0.2, -0.15) is 10.1 Å². The minimum absolute atomic E-state index is 0.460. The number of nitrogens with one attached hydrogen (secondary N) is 1. The van der Waals surface area contributed by atoms with E-state index in [4.69, 9.17) is 10.6 Å². The number of rotatable bonds is 6. The van der Waals surface area contributed by atoms with E-state index in [2.05, 4.69) is 27.4 Å². The Labute approximate surface area is 111 Å². The lowest BCUT2D eigenvalue weighted by molar-refractivity contribution is 0.457. The molecule has 0 bridgehead atoms. The average molecular weight is 262 g/mol. The van der Waals surface area contributed by atoms with Gasteiger partial charge in [0.2, 0.25) is 5.88 Å². The van der Waals surface area contributed by atoms with Crippen LogP contribution >= 0.6 is 0 Å². The number of ether oxygens (including phenoxy) is 1. The third-order valence-electron chi connectivity index (χ3n) is 2.53. The molecule has 19 heavy (non-hydrogen) atoms. The number of hydrazine groups is 1. The highest BCUT2D eigenvalue weighted by molar-refractivity contribution is 5.38. The average Bonchev–Trinajstić information content (AvgIpc) is 2.86. The van der Waals surface area contributed by atoms with Crippen molar-refractivity contribution in [3.05, 3.63) is 24.3 Å². The van der Waals surface area contributed by atoms with Gasteiger partial charge in [0.25, 0.3) is 0 Å². The minimum atomic E-state index is 0.460. The topological polar surface area (TPSA) is 90.9 Å². The molecule has 2 aromatic rings. The summed E-state index contributed by atoms with van der Waals surface area (Å²) in [4.78, 5) is 8.59. The Morgan fingerprint density at radius 1 is 1.37 bits per heavy atom. The molecule has 0 aliphatic carbocycles.